The summed E-state index contributed by atoms with van der Waals surface area (Å²) in [6.07, 6.45) is 1.41. The van der Waals surface area contributed by atoms with E-state index >= 15 is 0 Å². The van der Waals surface area contributed by atoms with Crippen molar-refractivity contribution in [1.29, 1.82) is 0 Å². The van der Waals surface area contributed by atoms with Gasteiger partial charge in [-0.1, -0.05) is 71.7 Å². The Bertz CT molecular complexity index is 1920. The topological polar surface area (TPSA) is 158 Å². The van der Waals surface area contributed by atoms with Crippen LogP contribution in [0.4, 0.5) is 0 Å². The second kappa shape index (κ2) is 16.0. The molecule has 6 N–H and O–H groups in total. The summed E-state index contributed by atoms with van der Waals surface area (Å²) in [4.78, 5) is 23.0. The minimum Gasteiger partial charge on any atom is -0.487 e. The first kappa shape index (κ1) is 38.1. The van der Waals surface area contributed by atoms with Crippen LogP contribution in [0.25, 0.3) is 11.1 Å². The summed E-state index contributed by atoms with van der Waals surface area (Å²) in [5.74, 6) is -1.25. The number of carbonyl (C=O) groups is 2. The number of rotatable bonds is 16. The van der Waals surface area contributed by atoms with Crippen molar-refractivity contribution in [2.45, 2.75) is 70.5 Å². The maximum absolute atomic E-state index is 11.5. The molecule has 1 aliphatic carbocycles. The smallest absolute Gasteiger partial charge is 0.326 e. The minimum atomic E-state index is -1.46. The average Bonchev–Trinajstić information content (AvgIpc) is 3.53. The SMILES string of the molecule is Cc1c(COc2ccc(CNC(C)(CO)C(=O)O)cc2Cl)cccc1-c1cccc2c1CCC2Oc1ccc(CNC(C)(CO)C(=O)O)cc1Cl. The van der Waals surface area contributed by atoms with Gasteiger partial charge in [-0.3, -0.25) is 20.2 Å². The zero-order chi connectivity index (χ0) is 36.9. The van der Waals surface area contributed by atoms with Crippen molar-refractivity contribution in [3.63, 3.8) is 0 Å². The summed E-state index contributed by atoms with van der Waals surface area (Å²) in [5.41, 5.74) is 5.20. The van der Waals surface area contributed by atoms with Gasteiger partial charge < -0.3 is 29.9 Å². The van der Waals surface area contributed by atoms with E-state index in [1.807, 2.05) is 24.3 Å². The van der Waals surface area contributed by atoms with Crippen molar-refractivity contribution in [3.8, 4) is 22.6 Å². The molecule has 10 nitrogen and oxygen atoms in total. The molecule has 0 heterocycles. The molecule has 3 unspecified atom stereocenters. The van der Waals surface area contributed by atoms with Gasteiger partial charge in [0.25, 0.3) is 0 Å². The molecule has 0 saturated carbocycles. The third-order valence-corrected chi connectivity index (χ3v) is 10.1. The van der Waals surface area contributed by atoms with Crippen LogP contribution in [0.2, 0.25) is 10.0 Å². The fourth-order valence-corrected chi connectivity index (χ4v) is 6.45. The van der Waals surface area contributed by atoms with Crippen LogP contribution in [0.1, 0.15) is 59.8 Å². The number of aliphatic carboxylic acids is 2. The Hall–Kier alpha value is -4.16. The molecule has 0 saturated heterocycles. The number of hydrogen-bond donors (Lipinski definition) is 6. The lowest BCUT2D eigenvalue weighted by molar-refractivity contribution is -0.146. The van der Waals surface area contributed by atoms with E-state index in [1.54, 1.807) is 30.3 Å². The van der Waals surface area contributed by atoms with Crippen molar-refractivity contribution in [2.75, 3.05) is 13.2 Å². The molecule has 4 aromatic rings. The predicted molar refractivity (Wildman–Crippen MR) is 195 cm³/mol. The maximum Gasteiger partial charge on any atom is 0.326 e. The highest BCUT2D eigenvalue weighted by atomic mass is 35.5. The quantitative estimate of drug-likeness (QED) is 0.0754. The first-order valence-electron chi connectivity index (χ1n) is 16.5. The summed E-state index contributed by atoms with van der Waals surface area (Å²) in [5, 5.41) is 44.3. The van der Waals surface area contributed by atoms with E-state index in [-0.39, 0.29) is 19.2 Å². The van der Waals surface area contributed by atoms with Crippen LogP contribution >= 0.6 is 23.2 Å². The maximum atomic E-state index is 11.5. The Morgan fingerprint density at radius 1 is 0.804 bits per heavy atom. The molecule has 0 amide bonds. The number of carboxylic acids is 2. The van der Waals surface area contributed by atoms with E-state index in [0.717, 1.165) is 51.8 Å². The molecule has 0 spiro atoms. The van der Waals surface area contributed by atoms with Gasteiger partial charge in [0.2, 0.25) is 0 Å². The van der Waals surface area contributed by atoms with Crippen LogP contribution in [0.5, 0.6) is 11.5 Å². The van der Waals surface area contributed by atoms with Crippen LogP contribution in [0.15, 0.2) is 72.8 Å². The number of nitrogens with one attached hydrogen (secondary N) is 2. The molecular formula is C39H42Cl2N2O8. The molecule has 51 heavy (non-hydrogen) atoms. The molecule has 12 heteroatoms. The lowest BCUT2D eigenvalue weighted by atomic mass is 9.91. The predicted octanol–water partition coefficient (Wildman–Crippen LogP) is 6.46. The zero-order valence-electron chi connectivity index (χ0n) is 28.6. The summed E-state index contributed by atoms with van der Waals surface area (Å²) >= 11 is 13.2. The van der Waals surface area contributed by atoms with E-state index in [1.165, 1.54) is 19.4 Å². The van der Waals surface area contributed by atoms with Crippen molar-refractivity contribution in [2.24, 2.45) is 0 Å². The Labute approximate surface area is 307 Å². The Balaban J connectivity index is 1.27. The zero-order valence-corrected chi connectivity index (χ0v) is 30.1. The fraction of sp³-hybridized carbons (Fsp3) is 0.333. The lowest BCUT2D eigenvalue weighted by Crippen LogP contribution is -2.52. The van der Waals surface area contributed by atoms with E-state index in [2.05, 4.69) is 35.8 Å². The van der Waals surface area contributed by atoms with Gasteiger partial charge in [0, 0.05) is 13.1 Å². The summed E-state index contributed by atoms with van der Waals surface area (Å²) < 4.78 is 12.6. The van der Waals surface area contributed by atoms with E-state index in [9.17, 15) is 30.0 Å². The number of halogens is 2. The van der Waals surface area contributed by atoms with Gasteiger partial charge in [0.05, 0.1) is 23.3 Å². The highest BCUT2D eigenvalue weighted by Gasteiger charge is 2.33. The molecule has 3 atom stereocenters. The van der Waals surface area contributed by atoms with Gasteiger partial charge in [-0.15, -0.1) is 0 Å². The van der Waals surface area contributed by atoms with Crippen molar-refractivity contribution >= 4 is 35.1 Å². The van der Waals surface area contributed by atoms with Gasteiger partial charge in [-0.25, -0.2) is 0 Å². The van der Waals surface area contributed by atoms with Gasteiger partial charge in [0.1, 0.15) is 35.3 Å². The molecule has 5 rings (SSSR count). The molecule has 0 aliphatic heterocycles. The molecule has 0 radical (unpaired) electrons. The number of aliphatic hydroxyl groups is 2. The number of carboxylic acid groups (broad SMARTS) is 2. The minimum absolute atomic E-state index is 0.195. The van der Waals surface area contributed by atoms with E-state index in [4.69, 9.17) is 32.7 Å². The van der Waals surface area contributed by atoms with Crippen LogP contribution in [0, 0.1) is 6.92 Å². The third kappa shape index (κ3) is 8.49. The molecule has 1 aliphatic rings. The summed E-state index contributed by atoms with van der Waals surface area (Å²) in [6.45, 7) is 4.52. The first-order chi connectivity index (χ1) is 24.3. The van der Waals surface area contributed by atoms with Crippen molar-refractivity contribution < 1.29 is 39.5 Å². The number of ether oxygens (including phenoxy) is 2. The highest BCUT2D eigenvalue weighted by molar-refractivity contribution is 6.32. The van der Waals surface area contributed by atoms with E-state index < -0.39 is 36.2 Å². The largest absolute Gasteiger partial charge is 0.487 e. The first-order valence-corrected chi connectivity index (χ1v) is 17.3. The Kier molecular flexibility index (Phi) is 12.0. The molecule has 0 bridgehead atoms. The fourth-order valence-electron chi connectivity index (χ4n) is 5.95. The van der Waals surface area contributed by atoms with Gasteiger partial charge >= 0.3 is 11.9 Å². The second-order valence-corrected chi connectivity index (χ2v) is 14.0. The monoisotopic (exact) mass is 736 g/mol. The lowest BCUT2D eigenvalue weighted by Gasteiger charge is -2.24. The molecule has 4 aromatic carbocycles. The molecule has 270 valence electrons. The van der Waals surface area contributed by atoms with Gasteiger partial charge in [-0.05, 0) is 102 Å². The van der Waals surface area contributed by atoms with E-state index in [0.29, 0.717) is 28.2 Å². The van der Waals surface area contributed by atoms with Crippen LogP contribution in [0.3, 0.4) is 0 Å². The molecular weight excluding hydrogens is 695 g/mol. The normalized spacial score (nSPS) is 16.2. The second-order valence-electron chi connectivity index (χ2n) is 13.2. The summed E-state index contributed by atoms with van der Waals surface area (Å²) in [6, 6.07) is 23.0. The Morgan fingerprint density at radius 2 is 1.35 bits per heavy atom. The molecule has 0 fully saturated rings. The number of aliphatic hydroxyl groups excluding tert-OH is 2. The van der Waals surface area contributed by atoms with Gasteiger partial charge in [-0.2, -0.15) is 0 Å². The van der Waals surface area contributed by atoms with Gasteiger partial charge in [0.15, 0.2) is 0 Å². The standard InChI is InChI=1S/C39H42Cl2N2O8/c1-23-26(20-50-34-13-10-24(16-31(34)40)18-42-38(2,21-44)36(46)47)6-4-7-27(23)28-8-5-9-30-29(28)12-15-33(30)51-35-14-11-25(17-32(35)41)19-43-39(3,22-45)37(48)49/h4-11,13-14,16-17,33,42-45H,12,15,18-22H2,1-3H3,(H,46,47)(H,48,49). The average molecular weight is 738 g/mol. The van der Waals surface area contributed by atoms with Crippen LogP contribution in [-0.4, -0.2) is 56.7 Å². The Morgan fingerprint density at radius 3 is 1.90 bits per heavy atom. The van der Waals surface area contributed by atoms with Crippen LogP contribution in [-0.2, 0) is 35.7 Å². The van der Waals surface area contributed by atoms with Crippen molar-refractivity contribution in [3.05, 3.63) is 116 Å². The number of hydrogen-bond acceptors (Lipinski definition) is 8. The van der Waals surface area contributed by atoms with Crippen molar-refractivity contribution in [1.82, 2.24) is 10.6 Å². The molecule has 0 aromatic heterocycles. The van der Waals surface area contributed by atoms with Crippen LogP contribution < -0.4 is 20.1 Å². The summed E-state index contributed by atoms with van der Waals surface area (Å²) in [7, 11) is 0. The number of fused-ring (bicyclic) bond motifs is 1. The third-order valence-electron chi connectivity index (χ3n) is 9.54. The number of benzene rings is 4. The highest BCUT2D eigenvalue weighted by Crippen LogP contribution is 2.42.